The highest BCUT2D eigenvalue weighted by molar-refractivity contribution is 7.99. The smallest absolute Gasteiger partial charge is 0.268 e. The molecule has 2 heterocycles. The Labute approximate surface area is 184 Å². The maximum Gasteiger partial charge on any atom is 0.268 e. The Morgan fingerprint density at radius 2 is 2.00 bits per heavy atom. The highest BCUT2D eigenvalue weighted by atomic mass is 35.5. The molecule has 152 valence electrons. The fourth-order valence-electron chi connectivity index (χ4n) is 3.52. The summed E-state index contributed by atoms with van der Waals surface area (Å²) in [5, 5.41) is 8.03. The molecule has 1 amide bonds. The van der Waals surface area contributed by atoms with E-state index in [1.807, 2.05) is 23.9 Å². The van der Waals surface area contributed by atoms with Gasteiger partial charge in [-0.1, -0.05) is 34.4 Å². The molecular formula is C21H21Cl2N3O2S. The van der Waals surface area contributed by atoms with Gasteiger partial charge in [-0.3, -0.25) is 4.79 Å². The number of nitrogens with one attached hydrogen (secondary N) is 1. The van der Waals surface area contributed by atoms with Crippen LogP contribution in [0.3, 0.4) is 0 Å². The molecule has 0 aromatic heterocycles. The lowest BCUT2D eigenvalue weighted by molar-refractivity contribution is -0.125. The second-order valence-electron chi connectivity index (χ2n) is 7.05. The van der Waals surface area contributed by atoms with E-state index in [2.05, 4.69) is 28.4 Å². The lowest BCUT2D eigenvalue weighted by Crippen LogP contribution is -2.33. The summed E-state index contributed by atoms with van der Waals surface area (Å²) >= 11 is 14.2. The molecule has 2 aromatic rings. The van der Waals surface area contributed by atoms with E-state index in [9.17, 15) is 4.79 Å². The molecule has 29 heavy (non-hydrogen) atoms. The molecule has 8 heteroatoms. The van der Waals surface area contributed by atoms with Gasteiger partial charge in [0.2, 0.25) is 6.10 Å². The van der Waals surface area contributed by atoms with Gasteiger partial charge >= 0.3 is 0 Å². The number of hydrogen-bond donors (Lipinski definition) is 1. The molecule has 4 rings (SSSR count). The van der Waals surface area contributed by atoms with Crippen molar-refractivity contribution in [2.24, 2.45) is 5.16 Å². The zero-order valence-corrected chi connectivity index (χ0v) is 18.3. The molecule has 1 N–H and O–H groups in total. The minimum Gasteiger partial charge on any atom is -0.382 e. The number of anilines is 2. The number of amides is 1. The van der Waals surface area contributed by atoms with Gasteiger partial charge in [-0.25, -0.2) is 0 Å². The molecule has 1 fully saturated rings. The summed E-state index contributed by atoms with van der Waals surface area (Å²) in [7, 11) is 0. The fourth-order valence-corrected chi connectivity index (χ4v) is 4.94. The number of nitrogens with zero attached hydrogens (tertiary/aromatic N) is 2. The van der Waals surface area contributed by atoms with E-state index in [1.165, 1.54) is 5.69 Å². The SMILES string of the molecule is Cc1cc(NC(=O)C2CC(c3ccc(Cl)cc3Cl)=NO2)ccc1N1CCSCC1. The number of halogens is 2. The van der Waals surface area contributed by atoms with Gasteiger partial charge in [-0.15, -0.1) is 0 Å². The van der Waals surface area contributed by atoms with Gasteiger partial charge in [0.05, 0.1) is 10.7 Å². The Balaban J connectivity index is 1.39. The van der Waals surface area contributed by atoms with Crippen LogP contribution in [0.15, 0.2) is 41.6 Å². The molecular weight excluding hydrogens is 429 g/mol. The van der Waals surface area contributed by atoms with Gasteiger partial charge in [0.1, 0.15) is 0 Å². The van der Waals surface area contributed by atoms with E-state index in [-0.39, 0.29) is 5.91 Å². The lowest BCUT2D eigenvalue weighted by atomic mass is 10.0. The average molecular weight is 450 g/mol. The fraction of sp³-hybridized carbons (Fsp3) is 0.333. The summed E-state index contributed by atoms with van der Waals surface area (Å²) in [5.74, 6) is 2.07. The standard InChI is InChI=1S/C21H21Cl2N3O2S/c1-13-10-15(3-5-19(13)26-6-8-29-9-7-26)24-21(27)20-12-18(25-28-20)16-4-2-14(22)11-17(16)23/h2-5,10-11,20H,6-9,12H2,1H3,(H,24,27). The maximum absolute atomic E-state index is 12.7. The monoisotopic (exact) mass is 449 g/mol. The maximum atomic E-state index is 12.7. The third kappa shape index (κ3) is 4.65. The second kappa shape index (κ2) is 8.86. The Hall–Kier alpha value is -1.89. The zero-order chi connectivity index (χ0) is 20.4. The highest BCUT2D eigenvalue weighted by Crippen LogP contribution is 2.28. The van der Waals surface area contributed by atoms with Crippen LogP contribution < -0.4 is 10.2 Å². The van der Waals surface area contributed by atoms with Crippen molar-refractivity contribution in [1.29, 1.82) is 0 Å². The summed E-state index contributed by atoms with van der Waals surface area (Å²) in [6.45, 7) is 4.18. The average Bonchev–Trinajstić information content (AvgIpc) is 3.19. The summed E-state index contributed by atoms with van der Waals surface area (Å²) in [5.41, 5.74) is 4.49. The molecule has 5 nitrogen and oxygen atoms in total. The van der Waals surface area contributed by atoms with E-state index in [1.54, 1.807) is 18.2 Å². The third-order valence-electron chi connectivity index (χ3n) is 5.02. The molecule has 2 aliphatic heterocycles. The number of rotatable bonds is 4. The van der Waals surface area contributed by atoms with Crippen molar-refractivity contribution < 1.29 is 9.63 Å². The van der Waals surface area contributed by atoms with Crippen molar-refractivity contribution in [2.75, 3.05) is 34.8 Å². The molecule has 1 saturated heterocycles. The van der Waals surface area contributed by atoms with E-state index >= 15 is 0 Å². The Morgan fingerprint density at radius 1 is 1.21 bits per heavy atom. The van der Waals surface area contributed by atoms with Crippen LogP contribution >= 0.6 is 35.0 Å². The molecule has 0 bridgehead atoms. The Bertz CT molecular complexity index is 961. The van der Waals surface area contributed by atoms with E-state index < -0.39 is 6.10 Å². The zero-order valence-electron chi connectivity index (χ0n) is 16.0. The minimum absolute atomic E-state index is 0.227. The number of benzene rings is 2. The topological polar surface area (TPSA) is 53.9 Å². The van der Waals surface area contributed by atoms with Crippen molar-refractivity contribution in [1.82, 2.24) is 0 Å². The lowest BCUT2D eigenvalue weighted by Gasteiger charge is -2.30. The first-order valence-electron chi connectivity index (χ1n) is 9.43. The van der Waals surface area contributed by atoms with Crippen LogP contribution in [-0.2, 0) is 9.63 Å². The molecule has 2 aromatic carbocycles. The van der Waals surface area contributed by atoms with Gasteiger partial charge in [0.15, 0.2) is 0 Å². The summed E-state index contributed by atoms with van der Waals surface area (Å²) in [6.07, 6.45) is -0.328. The molecule has 1 unspecified atom stereocenters. The first-order valence-corrected chi connectivity index (χ1v) is 11.3. The van der Waals surface area contributed by atoms with E-state index in [4.69, 9.17) is 28.0 Å². The van der Waals surface area contributed by atoms with Crippen molar-refractivity contribution in [2.45, 2.75) is 19.4 Å². The third-order valence-corrected chi connectivity index (χ3v) is 6.51. The number of thioether (sulfide) groups is 1. The van der Waals surface area contributed by atoms with Gasteiger partial charge in [0, 0.05) is 53.0 Å². The first kappa shape index (κ1) is 20.4. The van der Waals surface area contributed by atoms with E-state index in [0.717, 1.165) is 41.4 Å². The van der Waals surface area contributed by atoms with Crippen LogP contribution in [0.25, 0.3) is 0 Å². The van der Waals surface area contributed by atoms with Crippen molar-refractivity contribution in [3.05, 3.63) is 57.6 Å². The molecule has 1 atom stereocenters. The quantitative estimate of drug-likeness (QED) is 0.714. The van der Waals surface area contributed by atoms with Crippen molar-refractivity contribution >= 4 is 58.0 Å². The van der Waals surface area contributed by atoms with Crippen LogP contribution in [0, 0.1) is 6.92 Å². The Kier molecular flexibility index (Phi) is 6.23. The molecule has 2 aliphatic rings. The van der Waals surface area contributed by atoms with Crippen LogP contribution in [-0.4, -0.2) is 42.3 Å². The van der Waals surface area contributed by atoms with Crippen molar-refractivity contribution in [3.63, 3.8) is 0 Å². The molecule has 0 spiro atoms. The van der Waals surface area contributed by atoms with E-state index in [0.29, 0.717) is 22.2 Å². The molecule has 0 saturated carbocycles. The van der Waals surface area contributed by atoms with Crippen LogP contribution in [0.2, 0.25) is 10.0 Å². The predicted molar refractivity (Wildman–Crippen MR) is 122 cm³/mol. The van der Waals surface area contributed by atoms with Gasteiger partial charge in [-0.2, -0.15) is 11.8 Å². The van der Waals surface area contributed by atoms with Gasteiger partial charge in [-0.05, 0) is 42.8 Å². The highest BCUT2D eigenvalue weighted by Gasteiger charge is 2.30. The molecule has 0 aliphatic carbocycles. The second-order valence-corrected chi connectivity index (χ2v) is 9.12. The summed E-state index contributed by atoms with van der Waals surface area (Å²) in [6, 6.07) is 11.2. The summed E-state index contributed by atoms with van der Waals surface area (Å²) in [4.78, 5) is 20.4. The van der Waals surface area contributed by atoms with Crippen molar-refractivity contribution in [3.8, 4) is 0 Å². The number of carbonyl (C=O) groups is 1. The molecule has 0 radical (unpaired) electrons. The number of aryl methyl sites for hydroxylation is 1. The normalized spacial score (nSPS) is 18.9. The Morgan fingerprint density at radius 3 is 2.72 bits per heavy atom. The van der Waals surface area contributed by atoms with Crippen LogP contribution in [0.1, 0.15) is 17.5 Å². The van der Waals surface area contributed by atoms with Gasteiger partial charge < -0.3 is 15.1 Å². The largest absolute Gasteiger partial charge is 0.382 e. The first-order chi connectivity index (χ1) is 14.0. The number of hydrogen-bond acceptors (Lipinski definition) is 5. The van der Waals surface area contributed by atoms with Crippen LogP contribution in [0.4, 0.5) is 11.4 Å². The van der Waals surface area contributed by atoms with Gasteiger partial charge in [0.25, 0.3) is 5.91 Å². The minimum atomic E-state index is -0.684. The summed E-state index contributed by atoms with van der Waals surface area (Å²) < 4.78 is 0. The predicted octanol–water partition coefficient (Wildman–Crippen LogP) is 4.99. The number of carbonyl (C=O) groups excluding carboxylic acids is 1. The number of oxime groups is 1. The van der Waals surface area contributed by atoms with Crippen LogP contribution in [0.5, 0.6) is 0 Å².